The van der Waals surface area contributed by atoms with Crippen LogP contribution in [0.2, 0.25) is 0 Å². The van der Waals surface area contributed by atoms with E-state index in [1.54, 1.807) is 18.0 Å². The van der Waals surface area contributed by atoms with E-state index in [4.69, 9.17) is 9.84 Å². The standard InChI is InChI=1S/C17H19NO4S/c1-11(2)22-13-6-4-5-12(9-13)10-18(3)16(19)14-7-8-15(23-14)17(20)21/h4-9,11H,10H2,1-3H3,(H,20,21). The van der Waals surface area contributed by atoms with Gasteiger partial charge in [0.05, 0.1) is 11.0 Å². The summed E-state index contributed by atoms with van der Waals surface area (Å²) in [5.41, 5.74) is 0.953. The summed E-state index contributed by atoms with van der Waals surface area (Å²) in [6, 6.07) is 10.6. The molecule has 0 aliphatic rings. The number of nitrogens with zero attached hydrogens (tertiary/aromatic N) is 1. The minimum absolute atomic E-state index is 0.0881. The summed E-state index contributed by atoms with van der Waals surface area (Å²) in [7, 11) is 1.69. The number of aromatic carboxylic acids is 1. The van der Waals surface area contributed by atoms with E-state index >= 15 is 0 Å². The fourth-order valence-electron chi connectivity index (χ4n) is 2.09. The molecule has 0 atom stereocenters. The topological polar surface area (TPSA) is 66.8 Å². The van der Waals surface area contributed by atoms with Crippen molar-refractivity contribution < 1.29 is 19.4 Å². The molecule has 0 radical (unpaired) electrons. The second-order valence-corrected chi connectivity index (χ2v) is 6.53. The smallest absolute Gasteiger partial charge is 0.345 e. The molecule has 122 valence electrons. The highest BCUT2D eigenvalue weighted by Gasteiger charge is 2.17. The zero-order valence-corrected chi connectivity index (χ0v) is 14.1. The molecule has 5 nitrogen and oxygen atoms in total. The predicted molar refractivity (Wildman–Crippen MR) is 89.3 cm³/mol. The Morgan fingerprint density at radius 3 is 2.52 bits per heavy atom. The number of hydrogen-bond acceptors (Lipinski definition) is 4. The van der Waals surface area contributed by atoms with Crippen LogP contribution < -0.4 is 4.74 Å². The van der Waals surface area contributed by atoms with E-state index in [1.165, 1.54) is 6.07 Å². The van der Waals surface area contributed by atoms with Crippen molar-refractivity contribution in [2.45, 2.75) is 26.5 Å². The van der Waals surface area contributed by atoms with Crippen LogP contribution in [-0.2, 0) is 6.54 Å². The van der Waals surface area contributed by atoms with Crippen LogP contribution in [0.15, 0.2) is 36.4 Å². The summed E-state index contributed by atoms with van der Waals surface area (Å²) in [5, 5.41) is 8.93. The number of rotatable bonds is 6. The number of benzene rings is 1. The Hall–Kier alpha value is -2.34. The maximum Gasteiger partial charge on any atom is 0.345 e. The summed E-state index contributed by atoms with van der Waals surface area (Å²) in [6.45, 7) is 4.34. The van der Waals surface area contributed by atoms with Crippen LogP contribution in [-0.4, -0.2) is 35.0 Å². The molecule has 0 bridgehead atoms. The van der Waals surface area contributed by atoms with Crippen LogP contribution in [0.5, 0.6) is 5.75 Å². The number of carbonyl (C=O) groups excluding carboxylic acids is 1. The van der Waals surface area contributed by atoms with Crippen molar-refractivity contribution in [1.29, 1.82) is 0 Å². The minimum atomic E-state index is -1.02. The van der Waals surface area contributed by atoms with Crippen LogP contribution >= 0.6 is 11.3 Å². The molecule has 6 heteroatoms. The molecule has 0 unspecified atom stereocenters. The van der Waals surface area contributed by atoms with Gasteiger partial charge in [-0.2, -0.15) is 0 Å². The molecule has 0 saturated carbocycles. The molecule has 1 aromatic carbocycles. The van der Waals surface area contributed by atoms with Gasteiger partial charge in [0.1, 0.15) is 10.6 Å². The van der Waals surface area contributed by atoms with Crippen LogP contribution in [0, 0.1) is 0 Å². The van der Waals surface area contributed by atoms with Crippen molar-refractivity contribution in [3.63, 3.8) is 0 Å². The number of hydrogen-bond donors (Lipinski definition) is 1. The molecule has 23 heavy (non-hydrogen) atoms. The first kappa shape index (κ1) is 17.0. The van der Waals surface area contributed by atoms with Crippen molar-refractivity contribution in [2.24, 2.45) is 0 Å². The molecule has 1 N–H and O–H groups in total. The van der Waals surface area contributed by atoms with E-state index in [0.717, 1.165) is 22.6 Å². The van der Waals surface area contributed by atoms with Gasteiger partial charge in [-0.3, -0.25) is 4.79 Å². The summed E-state index contributed by atoms with van der Waals surface area (Å²) in [4.78, 5) is 25.4. The van der Waals surface area contributed by atoms with Gasteiger partial charge in [-0.15, -0.1) is 11.3 Å². The Labute approximate surface area is 139 Å². The van der Waals surface area contributed by atoms with Crippen LogP contribution in [0.4, 0.5) is 0 Å². The molecule has 1 heterocycles. The predicted octanol–water partition coefficient (Wildman–Crippen LogP) is 3.51. The fraction of sp³-hybridized carbons (Fsp3) is 0.294. The molecule has 0 spiro atoms. The van der Waals surface area contributed by atoms with Gasteiger partial charge in [0.25, 0.3) is 5.91 Å². The van der Waals surface area contributed by atoms with Gasteiger partial charge in [-0.05, 0) is 43.7 Å². The van der Waals surface area contributed by atoms with Crippen LogP contribution in [0.25, 0.3) is 0 Å². The first-order chi connectivity index (χ1) is 10.9. The Morgan fingerprint density at radius 2 is 1.91 bits per heavy atom. The maximum absolute atomic E-state index is 12.4. The molecule has 2 rings (SSSR count). The van der Waals surface area contributed by atoms with Gasteiger partial charge >= 0.3 is 5.97 Å². The van der Waals surface area contributed by atoms with Gasteiger partial charge in [-0.1, -0.05) is 12.1 Å². The molecular weight excluding hydrogens is 314 g/mol. The van der Waals surface area contributed by atoms with Crippen molar-refractivity contribution >= 4 is 23.2 Å². The minimum Gasteiger partial charge on any atom is -0.491 e. The van der Waals surface area contributed by atoms with Gasteiger partial charge < -0.3 is 14.7 Å². The lowest BCUT2D eigenvalue weighted by atomic mass is 10.2. The van der Waals surface area contributed by atoms with Crippen molar-refractivity contribution in [2.75, 3.05) is 7.05 Å². The molecule has 0 aliphatic carbocycles. The molecular formula is C17H19NO4S. The number of carboxylic acid groups (broad SMARTS) is 1. The molecule has 0 aliphatic heterocycles. The normalized spacial score (nSPS) is 10.6. The average Bonchev–Trinajstić information content (AvgIpc) is 2.96. The molecule has 1 amide bonds. The summed E-state index contributed by atoms with van der Waals surface area (Å²) < 4.78 is 5.64. The van der Waals surface area contributed by atoms with Gasteiger partial charge in [0.15, 0.2) is 0 Å². The Morgan fingerprint density at radius 1 is 1.22 bits per heavy atom. The lowest BCUT2D eigenvalue weighted by Crippen LogP contribution is -2.25. The van der Waals surface area contributed by atoms with Crippen molar-refractivity contribution in [3.05, 3.63) is 51.7 Å². The second-order valence-electron chi connectivity index (χ2n) is 5.44. The highest BCUT2D eigenvalue weighted by atomic mass is 32.1. The SMILES string of the molecule is CC(C)Oc1cccc(CN(C)C(=O)c2ccc(C(=O)O)s2)c1. The zero-order valence-electron chi connectivity index (χ0n) is 13.3. The van der Waals surface area contributed by atoms with E-state index in [1.807, 2.05) is 38.1 Å². The second kappa shape index (κ2) is 7.28. The molecule has 1 aromatic heterocycles. The van der Waals surface area contributed by atoms with E-state index in [-0.39, 0.29) is 16.9 Å². The first-order valence-corrected chi connectivity index (χ1v) is 8.02. The maximum atomic E-state index is 12.4. The third kappa shape index (κ3) is 4.56. The van der Waals surface area contributed by atoms with Crippen molar-refractivity contribution in [3.8, 4) is 5.75 Å². The highest BCUT2D eigenvalue weighted by molar-refractivity contribution is 7.15. The largest absolute Gasteiger partial charge is 0.491 e. The third-order valence-electron chi connectivity index (χ3n) is 3.06. The molecule has 0 saturated heterocycles. The van der Waals surface area contributed by atoms with E-state index in [9.17, 15) is 9.59 Å². The summed E-state index contributed by atoms with van der Waals surface area (Å²) in [6.07, 6.45) is 0.0881. The lowest BCUT2D eigenvalue weighted by molar-refractivity contribution is 0.0701. The number of carboxylic acids is 1. The third-order valence-corrected chi connectivity index (χ3v) is 4.13. The Balaban J connectivity index is 2.07. The first-order valence-electron chi connectivity index (χ1n) is 7.21. The Bertz CT molecular complexity index is 708. The Kier molecular flexibility index (Phi) is 5.39. The van der Waals surface area contributed by atoms with Gasteiger partial charge in [-0.25, -0.2) is 4.79 Å². The fourth-order valence-corrected chi connectivity index (χ4v) is 2.93. The van der Waals surface area contributed by atoms with E-state index < -0.39 is 5.97 Å². The van der Waals surface area contributed by atoms with Crippen LogP contribution in [0.1, 0.15) is 38.8 Å². The number of amides is 1. The number of thiophene rings is 1. The number of ether oxygens (including phenoxy) is 1. The monoisotopic (exact) mass is 333 g/mol. The van der Waals surface area contributed by atoms with E-state index in [0.29, 0.717) is 11.4 Å². The van der Waals surface area contributed by atoms with Crippen LogP contribution in [0.3, 0.4) is 0 Å². The number of carbonyl (C=O) groups is 2. The zero-order chi connectivity index (χ0) is 17.0. The molecule has 2 aromatic rings. The molecule has 0 fully saturated rings. The van der Waals surface area contributed by atoms with E-state index in [2.05, 4.69) is 0 Å². The summed E-state index contributed by atoms with van der Waals surface area (Å²) >= 11 is 0.984. The lowest BCUT2D eigenvalue weighted by Gasteiger charge is -2.17. The average molecular weight is 333 g/mol. The quantitative estimate of drug-likeness (QED) is 0.878. The van der Waals surface area contributed by atoms with Crippen molar-refractivity contribution in [1.82, 2.24) is 4.90 Å². The van der Waals surface area contributed by atoms with Gasteiger partial charge in [0, 0.05) is 13.6 Å². The highest BCUT2D eigenvalue weighted by Crippen LogP contribution is 2.20. The van der Waals surface area contributed by atoms with Gasteiger partial charge in [0.2, 0.25) is 0 Å². The summed E-state index contributed by atoms with van der Waals surface area (Å²) in [5.74, 6) is -0.449.